The second-order valence-corrected chi connectivity index (χ2v) is 4.39. The molecule has 0 spiro atoms. The highest BCUT2D eigenvalue weighted by Gasteiger charge is 2.29. The SMILES string of the molecule is Nc1cnc(OCC(F)(F)F)nc1Nc1ccc(OC(F)F)cc1. The highest BCUT2D eigenvalue weighted by Crippen LogP contribution is 2.25. The van der Waals surface area contributed by atoms with E-state index >= 15 is 0 Å². The van der Waals surface area contributed by atoms with Crippen molar-refractivity contribution in [2.45, 2.75) is 12.8 Å². The second-order valence-electron chi connectivity index (χ2n) is 4.39. The van der Waals surface area contributed by atoms with E-state index in [9.17, 15) is 22.0 Å². The molecule has 6 nitrogen and oxygen atoms in total. The summed E-state index contributed by atoms with van der Waals surface area (Å²) in [4.78, 5) is 7.25. The lowest BCUT2D eigenvalue weighted by atomic mass is 10.3. The number of nitrogens with two attached hydrogens (primary N) is 1. The Hall–Kier alpha value is -2.85. The number of rotatable bonds is 6. The smallest absolute Gasteiger partial charge is 0.422 e. The summed E-state index contributed by atoms with van der Waals surface area (Å²) in [5.74, 6) is -0.0508. The molecule has 0 saturated heterocycles. The van der Waals surface area contributed by atoms with Crippen molar-refractivity contribution in [2.24, 2.45) is 0 Å². The lowest BCUT2D eigenvalue weighted by Crippen LogP contribution is -2.20. The topological polar surface area (TPSA) is 82.3 Å². The number of ether oxygens (including phenoxy) is 2. The van der Waals surface area contributed by atoms with Gasteiger partial charge in [0.2, 0.25) is 0 Å². The van der Waals surface area contributed by atoms with Crippen molar-refractivity contribution in [2.75, 3.05) is 17.7 Å². The number of alkyl halides is 5. The van der Waals surface area contributed by atoms with E-state index in [1.54, 1.807) is 0 Å². The summed E-state index contributed by atoms with van der Waals surface area (Å²) in [5, 5.41) is 2.71. The quantitative estimate of drug-likeness (QED) is 0.778. The van der Waals surface area contributed by atoms with Crippen LogP contribution in [0.2, 0.25) is 0 Å². The summed E-state index contributed by atoms with van der Waals surface area (Å²) in [6, 6.07) is 4.83. The van der Waals surface area contributed by atoms with E-state index in [-0.39, 0.29) is 17.3 Å². The van der Waals surface area contributed by atoms with E-state index < -0.39 is 25.4 Å². The van der Waals surface area contributed by atoms with Gasteiger partial charge in [0, 0.05) is 5.69 Å². The largest absolute Gasteiger partial charge is 0.454 e. The van der Waals surface area contributed by atoms with Crippen LogP contribution in [-0.2, 0) is 0 Å². The molecule has 0 radical (unpaired) electrons. The number of nitrogens with zero attached hydrogens (tertiary/aromatic N) is 2. The standard InChI is InChI=1S/C13H11F5N4O2/c14-11(15)24-8-3-1-7(2-4-8)21-10-9(19)5-20-12(22-10)23-6-13(16,17)18/h1-5,11H,6,19H2,(H,20,21,22). The minimum Gasteiger partial charge on any atom is -0.454 e. The molecule has 1 aromatic carbocycles. The summed E-state index contributed by atoms with van der Waals surface area (Å²) in [7, 11) is 0. The van der Waals surface area contributed by atoms with Gasteiger partial charge in [-0.2, -0.15) is 26.9 Å². The molecule has 2 aromatic rings. The van der Waals surface area contributed by atoms with Crippen LogP contribution in [0, 0.1) is 0 Å². The van der Waals surface area contributed by atoms with Crippen molar-refractivity contribution in [1.82, 2.24) is 9.97 Å². The van der Waals surface area contributed by atoms with Crippen molar-refractivity contribution < 1.29 is 31.4 Å². The van der Waals surface area contributed by atoms with Crippen LogP contribution in [0.1, 0.15) is 0 Å². The van der Waals surface area contributed by atoms with Gasteiger partial charge in [0.15, 0.2) is 12.4 Å². The minimum atomic E-state index is -4.53. The number of nitrogens with one attached hydrogen (secondary N) is 1. The summed E-state index contributed by atoms with van der Waals surface area (Å²) < 4.78 is 69.1. The molecule has 2 rings (SSSR count). The number of nitrogen functional groups attached to an aromatic ring is 1. The monoisotopic (exact) mass is 350 g/mol. The minimum absolute atomic E-state index is 0.00435. The fourth-order valence-corrected chi connectivity index (χ4v) is 1.55. The summed E-state index contributed by atoms with van der Waals surface area (Å²) in [6.07, 6.45) is -3.45. The first kappa shape index (κ1) is 17.5. The zero-order chi connectivity index (χ0) is 17.7. The molecule has 1 aromatic heterocycles. The Morgan fingerprint density at radius 3 is 2.42 bits per heavy atom. The van der Waals surface area contributed by atoms with Crippen molar-refractivity contribution in [3.8, 4) is 11.8 Å². The normalized spacial score (nSPS) is 11.4. The highest BCUT2D eigenvalue weighted by molar-refractivity contribution is 5.68. The Balaban J connectivity index is 2.08. The van der Waals surface area contributed by atoms with E-state index in [4.69, 9.17) is 5.73 Å². The number of hydrogen-bond donors (Lipinski definition) is 2. The fraction of sp³-hybridized carbons (Fsp3) is 0.231. The molecule has 130 valence electrons. The first-order chi connectivity index (χ1) is 11.2. The van der Waals surface area contributed by atoms with E-state index in [0.717, 1.165) is 6.20 Å². The average Bonchev–Trinajstić information content (AvgIpc) is 2.48. The Morgan fingerprint density at radius 2 is 1.83 bits per heavy atom. The van der Waals surface area contributed by atoms with Gasteiger partial charge in [0.1, 0.15) is 5.75 Å². The molecule has 0 amide bonds. The van der Waals surface area contributed by atoms with Crippen molar-refractivity contribution in [1.29, 1.82) is 0 Å². The molecule has 11 heteroatoms. The van der Waals surface area contributed by atoms with Gasteiger partial charge in [0.25, 0.3) is 0 Å². The molecule has 0 aliphatic rings. The third kappa shape index (κ3) is 5.41. The summed E-state index contributed by atoms with van der Waals surface area (Å²) >= 11 is 0. The van der Waals surface area contributed by atoms with E-state index in [1.807, 2.05) is 0 Å². The van der Waals surface area contributed by atoms with Gasteiger partial charge in [-0.3, -0.25) is 0 Å². The Morgan fingerprint density at radius 1 is 1.17 bits per heavy atom. The Labute approximate surface area is 132 Å². The first-order valence-electron chi connectivity index (χ1n) is 6.37. The Bertz CT molecular complexity index is 679. The molecular formula is C13H11F5N4O2. The molecule has 0 fully saturated rings. The van der Waals surface area contributed by atoms with Gasteiger partial charge in [-0.15, -0.1) is 0 Å². The predicted octanol–water partition coefficient (Wildman–Crippen LogP) is 3.34. The molecule has 24 heavy (non-hydrogen) atoms. The number of aromatic nitrogens is 2. The molecule has 0 saturated carbocycles. The van der Waals surface area contributed by atoms with Gasteiger partial charge in [-0.05, 0) is 24.3 Å². The number of anilines is 3. The molecule has 0 aliphatic heterocycles. The number of benzene rings is 1. The molecule has 0 bridgehead atoms. The van der Waals surface area contributed by atoms with Crippen LogP contribution in [0.5, 0.6) is 11.8 Å². The summed E-state index contributed by atoms with van der Waals surface area (Å²) in [5.41, 5.74) is 6.08. The van der Waals surface area contributed by atoms with Crippen LogP contribution in [0.3, 0.4) is 0 Å². The molecule has 0 unspecified atom stereocenters. The van der Waals surface area contributed by atoms with Gasteiger partial charge in [0.05, 0.1) is 11.9 Å². The molecular weight excluding hydrogens is 339 g/mol. The number of hydrogen-bond acceptors (Lipinski definition) is 6. The summed E-state index contributed by atoms with van der Waals surface area (Å²) in [6.45, 7) is -4.50. The van der Waals surface area contributed by atoms with Crippen LogP contribution in [-0.4, -0.2) is 29.4 Å². The van der Waals surface area contributed by atoms with Gasteiger partial charge in [-0.25, -0.2) is 4.98 Å². The van der Waals surface area contributed by atoms with Gasteiger partial charge < -0.3 is 20.5 Å². The number of halogens is 5. The molecule has 1 heterocycles. The van der Waals surface area contributed by atoms with Crippen molar-refractivity contribution in [3.05, 3.63) is 30.5 Å². The maximum Gasteiger partial charge on any atom is 0.422 e. The van der Waals surface area contributed by atoms with E-state index in [0.29, 0.717) is 5.69 Å². The zero-order valence-corrected chi connectivity index (χ0v) is 11.8. The van der Waals surface area contributed by atoms with Gasteiger partial charge >= 0.3 is 18.8 Å². The van der Waals surface area contributed by atoms with Crippen LogP contribution in [0.4, 0.5) is 39.1 Å². The molecule has 3 N–H and O–H groups in total. The van der Waals surface area contributed by atoms with Crippen LogP contribution in [0.25, 0.3) is 0 Å². The lowest BCUT2D eigenvalue weighted by molar-refractivity contribution is -0.154. The third-order valence-electron chi connectivity index (χ3n) is 2.50. The lowest BCUT2D eigenvalue weighted by Gasteiger charge is -2.11. The average molecular weight is 350 g/mol. The maximum atomic E-state index is 12.1. The maximum absolute atomic E-state index is 12.1. The Kier molecular flexibility index (Phi) is 5.21. The molecule has 0 atom stereocenters. The zero-order valence-electron chi connectivity index (χ0n) is 11.8. The fourth-order valence-electron chi connectivity index (χ4n) is 1.55. The van der Waals surface area contributed by atoms with Crippen LogP contribution < -0.4 is 20.5 Å². The molecule has 0 aliphatic carbocycles. The second kappa shape index (κ2) is 7.15. The van der Waals surface area contributed by atoms with E-state index in [2.05, 4.69) is 24.8 Å². The van der Waals surface area contributed by atoms with Crippen molar-refractivity contribution >= 4 is 17.2 Å². The van der Waals surface area contributed by atoms with Gasteiger partial charge in [-0.1, -0.05) is 0 Å². The van der Waals surface area contributed by atoms with Crippen molar-refractivity contribution in [3.63, 3.8) is 0 Å². The third-order valence-corrected chi connectivity index (χ3v) is 2.50. The van der Waals surface area contributed by atoms with E-state index in [1.165, 1.54) is 24.3 Å². The first-order valence-corrected chi connectivity index (χ1v) is 6.37. The highest BCUT2D eigenvalue weighted by atomic mass is 19.4. The van der Waals surface area contributed by atoms with Crippen LogP contribution >= 0.6 is 0 Å². The van der Waals surface area contributed by atoms with Crippen LogP contribution in [0.15, 0.2) is 30.5 Å². The predicted molar refractivity (Wildman–Crippen MR) is 74.4 cm³/mol.